The van der Waals surface area contributed by atoms with Crippen LogP contribution in [0.4, 0.5) is 4.39 Å². The molecule has 1 unspecified atom stereocenters. The molecular formula is C22H25FN3OS+. The lowest BCUT2D eigenvalue weighted by Crippen LogP contribution is -3.14. The van der Waals surface area contributed by atoms with Crippen LogP contribution in [0.5, 0.6) is 0 Å². The Balaban J connectivity index is 1.27. The third kappa shape index (κ3) is 4.75. The minimum Gasteiger partial charge on any atom is -0.351 e. The summed E-state index contributed by atoms with van der Waals surface area (Å²) >= 11 is 1.79. The average molecular weight is 399 g/mol. The van der Waals surface area contributed by atoms with Crippen molar-refractivity contribution in [2.45, 2.75) is 25.2 Å². The van der Waals surface area contributed by atoms with Gasteiger partial charge in [-0.2, -0.15) is 0 Å². The Bertz CT molecular complexity index is 907. The van der Waals surface area contributed by atoms with Gasteiger partial charge >= 0.3 is 0 Å². The van der Waals surface area contributed by atoms with Crippen molar-refractivity contribution >= 4 is 27.5 Å². The number of aromatic nitrogens is 1. The van der Waals surface area contributed by atoms with Crippen molar-refractivity contribution in [3.63, 3.8) is 0 Å². The number of para-hydroxylation sites is 1. The lowest BCUT2D eigenvalue weighted by Gasteiger charge is -2.28. The van der Waals surface area contributed by atoms with E-state index in [9.17, 15) is 9.18 Å². The molecule has 2 aromatic carbocycles. The van der Waals surface area contributed by atoms with Crippen molar-refractivity contribution < 1.29 is 14.1 Å². The highest BCUT2D eigenvalue weighted by molar-refractivity contribution is 7.18. The number of fused-ring (bicyclic) bond motifs is 1. The van der Waals surface area contributed by atoms with Crippen molar-refractivity contribution in [2.24, 2.45) is 0 Å². The van der Waals surface area contributed by atoms with E-state index in [4.69, 9.17) is 4.98 Å². The van der Waals surface area contributed by atoms with Gasteiger partial charge in [0, 0.05) is 6.54 Å². The van der Waals surface area contributed by atoms with E-state index >= 15 is 0 Å². The molecule has 0 aliphatic carbocycles. The summed E-state index contributed by atoms with van der Waals surface area (Å²) in [5.74, 6) is 0.291. The topological polar surface area (TPSA) is 46.4 Å². The minimum atomic E-state index is -0.232. The zero-order valence-electron chi connectivity index (χ0n) is 15.8. The van der Waals surface area contributed by atoms with Gasteiger partial charge in [-0.05, 0) is 49.1 Å². The van der Waals surface area contributed by atoms with Gasteiger partial charge in [0.1, 0.15) is 10.8 Å². The highest BCUT2D eigenvalue weighted by Gasteiger charge is 2.28. The summed E-state index contributed by atoms with van der Waals surface area (Å²) in [4.78, 5) is 18.5. The van der Waals surface area contributed by atoms with Crippen molar-refractivity contribution in [2.75, 3.05) is 26.2 Å². The third-order valence-corrected chi connectivity index (χ3v) is 6.54. The minimum absolute atomic E-state index is 0.0852. The Morgan fingerprint density at radius 3 is 2.86 bits per heavy atom. The molecule has 0 radical (unpaired) electrons. The molecule has 6 heteroatoms. The summed E-state index contributed by atoms with van der Waals surface area (Å²) in [6.07, 6.45) is 2.99. The smallest absolute Gasteiger partial charge is 0.275 e. The number of hydrogen-bond acceptors (Lipinski definition) is 3. The third-order valence-electron chi connectivity index (χ3n) is 5.34. The normalized spacial score (nSPS) is 19.6. The number of likely N-dealkylation sites (tertiary alicyclic amines) is 1. The summed E-state index contributed by atoms with van der Waals surface area (Å²) in [6.45, 7) is 3.09. The fourth-order valence-electron chi connectivity index (χ4n) is 3.87. The Hall–Kier alpha value is -2.31. The fourth-order valence-corrected chi connectivity index (χ4v) is 4.98. The second kappa shape index (κ2) is 8.80. The number of nitrogens with one attached hydrogen (secondary N) is 2. The molecule has 0 spiro atoms. The summed E-state index contributed by atoms with van der Waals surface area (Å²) in [5.41, 5.74) is 2.11. The molecule has 2 atom stereocenters. The van der Waals surface area contributed by atoms with Gasteiger partial charge in [0.25, 0.3) is 5.91 Å². The predicted molar refractivity (Wildman–Crippen MR) is 110 cm³/mol. The number of carbonyl (C=O) groups is 1. The van der Waals surface area contributed by atoms with E-state index in [2.05, 4.69) is 23.5 Å². The van der Waals surface area contributed by atoms with E-state index < -0.39 is 0 Å². The average Bonchev–Trinajstić information content (AvgIpc) is 3.14. The number of hydrogen-bond donors (Lipinski definition) is 2. The molecule has 0 saturated carbocycles. The van der Waals surface area contributed by atoms with Gasteiger partial charge in [-0.25, -0.2) is 9.37 Å². The first-order chi connectivity index (χ1) is 13.7. The van der Waals surface area contributed by atoms with Crippen molar-refractivity contribution in [3.8, 4) is 0 Å². The molecule has 1 fully saturated rings. The van der Waals surface area contributed by atoms with E-state index in [0.717, 1.165) is 43.4 Å². The van der Waals surface area contributed by atoms with E-state index in [1.807, 2.05) is 6.07 Å². The van der Waals surface area contributed by atoms with Gasteiger partial charge in [-0.3, -0.25) is 4.79 Å². The SMILES string of the molecule is O=C(C[NH+]1CCC[C@H](c2nc3ccccc3s2)C1)NCCc1ccc(F)cc1. The predicted octanol–water partition coefficient (Wildman–Crippen LogP) is 2.56. The molecule has 0 bridgehead atoms. The largest absolute Gasteiger partial charge is 0.351 e. The van der Waals surface area contributed by atoms with Gasteiger partial charge in [0.05, 0.1) is 29.2 Å². The molecule has 1 saturated heterocycles. The molecule has 146 valence electrons. The number of rotatable bonds is 6. The van der Waals surface area contributed by atoms with Crippen LogP contribution in [0.1, 0.15) is 29.3 Å². The van der Waals surface area contributed by atoms with Crippen LogP contribution in [-0.4, -0.2) is 37.1 Å². The van der Waals surface area contributed by atoms with E-state index in [1.54, 1.807) is 23.5 Å². The molecule has 1 aromatic heterocycles. The van der Waals surface area contributed by atoms with Crippen LogP contribution >= 0.6 is 11.3 Å². The maximum atomic E-state index is 12.9. The van der Waals surface area contributed by atoms with E-state index in [0.29, 0.717) is 19.0 Å². The van der Waals surface area contributed by atoms with Crippen molar-refractivity contribution in [3.05, 3.63) is 64.9 Å². The molecule has 4 rings (SSSR count). The van der Waals surface area contributed by atoms with Crippen LogP contribution in [0.2, 0.25) is 0 Å². The van der Waals surface area contributed by atoms with Crippen LogP contribution in [0.15, 0.2) is 48.5 Å². The molecule has 4 nitrogen and oxygen atoms in total. The second-order valence-corrected chi connectivity index (χ2v) is 8.53. The first-order valence-electron chi connectivity index (χ1n) is 9.87. The van der Waals surface area contributed by atoms with Crippen molar-refractivity contribution in [1.82, 2.24) is 10.3 Å². The van der Waals surface area contributed by atoms with Gasteiger partial charge in [0.2, 0.25) is 0 Å². The number of carbonyl (C=O) groups excluding carboxylic acids is 1. The van der Waals surface area contributed by atoms with E-state index in [-0.39, 0.29) is 11.7 Å². The van der Waals surface area contributed by atoms with Crippen LogP contribution in [0.3, 0.4) is 0 Å². The van der Waals surface area contributed by atoms with Crippen LogP contribution < -0.4 is 10.2 Å². The number of benzene rings is 2. The second-order valence-electron chi connectivity index (χ2n) is 7.47. The molecule has 1 amide bonds. The zero-order valence-corrected chi connectivity index (χ0v) is 16.6. The number of amides is 1. The van der Waals surface area contributed by atoms with Crippen LogP contribution in [-0.2, 0) is 11.2 Å². The zero-order chi connectivity index (χ0) is 19.3. The van der Waals surface area contributed by atoms with Gasteiger partial charge in [-0.1, -0.05) is 24.3 Å². The van der Waals surface area contributed by atoms with E-state index in [1.165, 1.54) is 26.7 Å². The fraction of sp³-hybridized carbons (Fsp3) is 0.364. The van der Waals surface area contributed by atoms with Gasteiger partial charge in [-0.15, -0.1) is 11.3 Å². The highest BCUT2D eigenvalue weighted by atomic mass is 32.1. The number of nitrogens with zero attached hydrogens (tertiary/aromatic N) is 1. The Kier molecular flexibility index (Phi) is 5.98. The highest BCUT2D eigenvalue weighted by Crippen LogP contribution is 2.30. The van der Waals surface area contributed by atoms with Crippen LogP contribution in [0, 0.1) is 5.82 Å². The summed E-state index contributed by atoms with van der Waals surface area (Å²) in [7, 11) is 0. The molecule has 1 aliphatic heterocycles. The quantitative estimate of drug-likeness (QED) is 0.670. The van der Waals surface area contributed by atoms with Gasteiger partial charge < -0.3 is 10.2 Å². The number of halogens is 1. The molecule has 3 aromatic rings. The molecular weight excluding hydrogens is 373 g/mol. The number of piperidine rings is 1. The summed E-state index contributed by atoms with van der Waals surface area (Å²) in [5, 5.41) is 4.21. The van der Waals surface area contributed by atoms with Crippen molar-refractivity contribution in [1.29, 1.82) is 0 Å². The van der Waals surface area contributed by atoms with Gasteiger partial charge in [0.15, 0.2) is 6.54 Å². The lowest BCUT2D eigenvalue weighted by atomic mass is 9.99. The Morgan fingerprint density at radius 2 is 2.04 bits per heavy atom. The molecule has 2 heterocycles. The maximum Gasteiger partial charge on any atom is 0.275 e. The Labute approximate surface area is 168 Å². The first-order valence-corrected chi connectivity index (χ1v) is 10.7. The molecule has 2 N–H and O–H groups in total. The monoisotopic (exact) mass is 398 g/mol. The molecule has 28 heavy (non-hydrogen) atoms. The standard InChI is InChI=1S/C22H24FN3OS/c23-18-9-7-16(8-10-18)11-12-24-21(27)15-26-13-3-4-17(14-26)22-25-19-5-1-2-6-20(19)28-22/h1-2,5-10,17H,3-4,11-15H2,(H,24,27)/p+1/t17-/m0/s1. The number of thiazole rings is 1. The molecule has 1 aliphatic rings. The number of quaternary nitrogens is 1. The Morgan fingerprint density at radius 1 is 1.21 bits per heavy atom. The summed E-state index contributed by atoms with van der Waals surface area (Å²) in [6, 6.07) is 14.7. The first kappa shape index (κ1) is 19.0. The maximum absolute atomic E-state index is 12.9. The lowest BCUT2D eigenvalue weighted by molar-refractivity contribution is -0.898. The summed E-state index contributed by atoms with van der Waals surface area (Å²) < 4.78 is 14.2. The van der Waals surface area contributed by atoms with Crippen LogP contribution in [0.25, 0.3) is 10.2 Å².